The molecule has 1 aliphatic carbocycles. The zero-order chi connectivity index (χ0) is 19.5. The smallest absolute Gasteiger partial charge is 0.217 e. The van der Waals surface area contributed by atoms with Crippen molar-refractivity contribution in [2.75, 3.05) is 0 Å². The molecule has 1 aliphatic rings. The van der Waals surface area contributed by atoms with E-state index in [-0.39, 0.29) is 5.91 Å². The third-order valence-electron chi connectivity index (χ3n) is 5.34. The molecule has 4 rings (SSSR count). The quantitative estimate of drug-likeness (QED) is 0.674. The summed E-state index contributed by atoms with van der Waals surface area (Å²) in [6, 6.07) is 10.3. The Morgan fingerprint density at radius 3 is 2.71 bits per heavy atom. The minimum atomic E-state index is -0.283. The van der Waals surface area contributed by atoms with Crippen LogP contribution in [-0.2, 0) is 11.3 Å². The van der Waals surface area contributed by atoms with Crippen molar-refractivity contribution in [2.24, 2.45) is 5.73 Å². The van der Waals surface area contributed by atoms with Crippen LogP contribution in [0.4, 0.5) is 0 Å². The molecular weight excluding hydrogens is 352 g/mol. The van der Waals surface area contributed by atoms with E-state index in [0.717, 1.165) is 46.4 Å². The molecule has 3 aromatic rings. The van der Waals surface area contributed by atoms with Gasteiger partial charge in [0.2, 0.25) is 5.91 Å². The molecule has 0 spiro atoms. The van der Waals surface area contributed by atoms with Gasteiger partial charge in [0.15, 0.2) is 0 Å². The van der Waals surface area contributed by atoms with E-state index in [0.29, 0.717) is 25.5 Å². The molecular formula is C22H26N4O2. The monoisotopic (exact) mass is 378 g/mol. The topological polar surface area (TPSA) is 83.0 Å². The summed E-state index contributed by atoms with van der Waals surface area (Å²) < 4.78 is 7.96. The van der Waals surface area contributed by atoms with Gasteiger partial charge < -0.3 is 10.5 Å². The van der Waals surface area contributed by atoms with Gasteiger partial charge >= 0.3 is 0 Å². The van der Waals surface area contributed by atoms with E-state index in [2.05, 4.69) is 30.2 Å². The lowest BCUT2D eigenvalue weighted by molar-refractivity contribution is -0.118. The van der Waals surface area contributed by atoms with Crippen LogP contribution in [0.25, 0.3) is 22.3 Å². The Labute approximate surface area is 164 Å². The average Bonchev–Trinajstić information content (AvgIpc) is 3.32. The lowest BCUT2D eigenvalue weighted by Crippen LogP contribution is -2.12. The predicted molar refractivity (Wildman–Crippen MR) is 109 cm³/mol. The van der Waals surface area contributed by atoms with Crippen LogP contribution in [0.5, 0.6) is 5.75 Å². The van der Waals surface area contributed by atoms with E-state index >= 15 is 0 Å². The fourth-order valence-electron chi connectivity index (χ4n) is 3.92. The fraction of sp³-hybridized carbons (Fsp3) is 0.409. The van der Waals surface area contributed by atoms with Gasteiger partial charge in [0.05, 0.1) is 23.5 Å². The summed E-state index contributed by atoms with van der Waals surface area (Å²) in [5.41, 5.74) is 10.2. The summed E-state index contributed by atoms with van der Waals surface area (Å²) in [6.07, 6.45) is 8.03. The van der Waals surface area contributed by atoms with Crippen LogP contribution in [-0.4, -0.2) is 26.8 Å². The highest BCUT2D eigenvalue weighted by atomic mass is 16.5. The van der Waals surface area contributed by atoms with Crippen LogP contribution in [0, 0.1) is 6.92 Å². The van der Waals surface area contributed by atoms with Crippen LogP contribution in [0.15, 0.2) is 36.5 Å². The zero-order valence-electron chi connectivity index (χ0n) is 16.2. The molecule has 0 radical (unpaired) electrons. The number of carbonyl (C=O) groups excluding carboxylic acids is 1. The van der Waals surface area contributed by atoms with Crippen LogP contribution >= 0.6 is 0 Å². The first-order valence-electron chi connectivity index (χ1n) is 9.99. The Bertz CT molecular complexity index is 972. The van der Waals surface area contributed by atoms with Gasteiger partial charge in [0, 0.05) is 18.5 Å². The molecule has 0 unspecified atom stereocenters. The number of aryl methyl sites for hydroxylation is 2. The number of pyridine rings is 1. The second kappa shape index (κ2) is 8.00. The van der Waals surface area contributed by atoms with Crippen molar-refractivity contribution in [3.8, 4) is 17.0 Å². The summed E-state index contributed by atoms with van der Waals surface area (Å²) in [4.78, 5) is 15.7. The summed E-state index contributed by atoms with van der Waals surface area (Å²) in [6.45, 7) is 2.72. The highest BCUT2D eigenvalue weighted by Crippen LogP contribution is 2.28. The number of amides is 1. The van der Waals surface area contributed by atoms with Crippen LogP contribution < -0.4 is 10.5 Å². The summed E-state index contributed by atoms with van der Waals surface area (Å²) in [7, 11) is 0. The Morgan fingerprint density at radius 1 is 1.25 bits per heavy atom. The van der Waals surface area contributed by atoms with Gasteiger partial charge in [-0.3, -0.25) is 9.48 Å². The van der Waals surface area contributed by atoms with Crippen molar-refractivity contribution < 1.29 is 9.53 Å². The number of ether oxygens (including phenoxy) is 1. The van der Waals surface area contributed by atoms with Crippen molar-refractivity contribution in [2.45, 2.75) is 58.1 Å². The molecule has 0 atom stereocenters. The van der Waals surface area contributed by atoms with Crippen molar-refractivity contribution in [1.82, 2.24) is 14.8 Å². The number of primary amides is 1. The molecule has 0 bridgehead atoms. The molecule has 6 nitrogen and oxygen atoms in total. The maximum atomic E-state index is 11.0. The lowest BCUT2D eigenvalue weighted by atomic mass is 10.1. The normalized spacial score (nSPS) is 14.6. The molecule has 2 N–H and O–H groups in total. The molecule has 2 heterocycles. The molecule has 1 fully saturated rings. The van der Waals surface area contributed by atoms with E-state index in [4.69, 9.17) is 15.5 Å². The highest BCUT2D eigenvalue weighted by molar-refractivity contribution is 5.81. The summed E-state index contributed by atoms with van der Waals surface area (Å²) >= 11 is 0. The average molecular weight is 378 g/mol. The number of nitrogens with zero attached hydrogens (tertiary/aromatic N) is 3. The lowest BCUT2D eigenvalue weighted by Gasteiger charge is -2.13. The summed E-state index contributed by atoms with van der Waals surface area (Å²) in [5.74, 6) is 0.643. The van der Waals surface area contributed by atoms with E-state index < -0.39 is 0 Å². The number of nitrogens with two attached hydrogens (primary N) is 1. The number of hydrogen-bond donors (Lipinski definition) is 1. The van der Waals surface area contributed by atoms with Crippen LogP contribution in [0.3, 0.4) is 0 Å². The van der Waals surface area contributed by atoms with Crippen molar-refractivity contribution in [1.29, 1.82) is 0 Å². The van der Waals surface area contributed by atoms with Crippen LogP contribution in [0.1, 0.15) is 44.1 Å². The first-order valence-corrected chi connectivity index (χ1v) is 9.99. The van der Waals surface area contributed by atoms with Crippen molar-refractivity contribution >= 4 is 16.9 Å². The molecule has 6 heteroatoms. The van der Waals surface area contributed by atoms with Gasteiger partial charge in [0.25, 0.3) is 0 Å². The second-order valence-corrected chi connectivity index (χ2v) is 7.54. The minimum absolute atomic E-state index is 0.283. The molecule has 1 aromatic carbocycles. The molecule has 28 heavy (non-hydrogen) atoms. The fourth-order valence-corrected chi connectivity index (χ4v) is 3.92. The Balaban J connectivity index is 1.53. The number of aromatic nitrogens is 3. The van der Waals surface area contributed by atoms with Gasteiger partial charge in [-0.2, -0.15) is 5.10 Å². The maximum absolute atomic E-state index is 11.0. The Kier molecular flexibility index (Phi) is 5.28. The third kappa shape index (κ3) is 4.01. The number of benzene rings is 1. The third-order valence-corrected chi connectivity index (χ3v) is 5.34. The van der Waals surface area contributed by atoms with Crippen molar-refractivity contribution in [3.05, 3.63) is 42.1 Å². The van der Waals surface area contributed by atoms with Crippen molar-refractivity contribution in [3.63, 3.8) is 0 Å². The standard InChI is InChI=1S/C22H26N4O2/c1-15-13-19(16-8-10-18(11-9-16)28-17-5-2-3-6-17)25-20-14-24-26(22(15)20)12-4-7-21(23)27/h8-11,13-14,17H,2-7,12H2,1H3,(H2,23,27). The number of hydrogen-bond acceptors (Lipinski definition) is 4. The molecule has 1 saturated carbocycles. The minimum Gasteiger partial charge on any atom is -0.490 e. The van der Waals surface area contributed by atoms with E-state index in [1.807, 2.05) is 16.8 Å². The number of carbonyl (C=O) groups is 1. The van der Waals surface area contributed by atoms with Gasteiger partial charge in [-0.05, 0) is 74.9 Å². The molecule has 146 valence electrons. The van der Waals surface area contributed by atoms with E-state index in [1.165, 1.54) is 12.8 Å². The first-order chi connectivity index (χ1) is 13.6. The second-order valence-electron chi connectivity index (χ2n) is 7.54. The van der Waals surface area contributed by atoms with Gasteiger partial charge in [-0.1, -0.05) is 0 Å². The van der Waals surface area contributed by atoms with Gasteiger partial charge in [-0.15, -0.1) is 0 Å². The summed E-state index contributed by atoms with van der Waals surface area (Å²) in [5, 5.41) is 4.44. The number of fused-ring (bicyclic) bond motifs is 1. The van der Waals surface area contributed by atoms with Gasteiger partial charge in [-0.25, -0.2) is 4.98 Å². The largest absolute Gasteiger partial charge is 0.490 e. The van der Waals surface area contributed by atoms with Gasteiger partial charge in [0.1, 0.15) is 11.3 Å². The predicted octanol–water partition coefficient (Wildman–Crippen LogP) is 3.99. The maximum Gasteiger partial charge on any atom is 0.217 e. The molecule has 0 aliphatic heterocycles. The first kappa shape index (κ1) is 18.5. The Morgan fingerprint density at radius 2 is 2.00 bits per heavy atom. The SMILES string of the molecule is Cc1cc(-c2ccc(OC3CCCC3)cc2)nc2cnn(CCCC(N)=O)c12. The highest BCUT2D eigenvalue weighted by Gasteiger charge is 2.16. The van der Waals surface area contributed by atoms with E-state index in [9.17, 15) is 4.79 Å². The molecule has 1 amide bonds. The van der Waals surface area contributed by atoms with E-state index in [1.54, 1.807) is 6.20 Å². The zero-order valence-corrected chi connectivity index (χ0v) is 16.2. The Hall–Kier alpha value is -2.89. The van der Waals surface area contributed by atoms with Crippen LogP contribution in [0.2, 0.25) is 0 Å². The number of rotatable bonds is 7. The molecule has 0 saturated heterocycles. The molecule has 2 aromatic heterocycles.